The number of carboxylic acids is 1. The van der Waals surface area contributed by atoms with Gasteiger partial charge in [0, 0.05) is 19.7 Å². The number of amides is 2. The Labute approximate surface area is 115 Å². The number of carbonyl (C=O) groups excluding carboxylic acids is 1. The van der Waals surface area contributed by atoms with Crippen molar-refractivity contribution in [3.05, 3.63) is 11.9 Å². The van der Waals surface area contributed by atoms with Crippen LogP contribution in [0.3, 0.4) is 0 Å². The third kappa shape index (κ3) is 4.19. The van der Waals surface area contributed by atoms with Gasteiger partial charge in [0.2, 0.25) is 0 Å². The second-order valence-corrected chi connectivity index (χ2v) is 4.41. The Morgan fingerprint density at radius 1 is 1.40 bits per heavy atom. The molecule has 2 rings (SSSR count). The van der Waals surface area contributed by atoms with Gasteiger partial charge in [-0.05, 0) is 6.42 Å². The summed E-state index contributed by atoms with van der Waals surface area (Å²) in [6.45, 7) is 2.42. The van der Waals surface area contributed by atoms with Gasteiger partial charge in [-0.2, -0.15) is 0 Å². The summed E-state index contributed by atoms with van der Waals surface area (Å²) >= 11 is 0. The Hall–Kier alpha value is -2.16. The summed E-state index contributed by atoms with van der Waals surface area (Å²) in [5.74, 6) is -0.991. The van der Waals surface area contributed by atoms with Crippen molar-refractivity contribution in [3.63, 3.8) is 0 Å². The highest BCUT2D eigenvalue weighted by atomic mass is 16.5. The maximum atomic E-state index is 11.9. The quantitative estimate of drug-likeness (QED) is 0.755. The first-order valence-corrected chi connectivity index (χ1v) is 6.36. The Morgan fingerprint density at radius 2 is 2.25 bits per heavy atom. The number of carbonyl (C=O) groups is 2. The van der Waals surface area contributed by atoms with Crippen LogP contribution in [0.4, 0.5) is 4.79 Å². The van der Waals surface area contributed by atoms with Crippen molar-refractivity contribution in [3.8, 4) is 0 Å². The van der Waals surface area contributed by atoms with Crippen molar-refractivity contribution >= 4 is 12.0 Å². The zero-order chi connectivity index (χ0) is 14.4. The molecule has 1 saturated heterocycles. The molecule has 1 aromatic heterocycles. The van der Waals surface area contributed by atoms with Gasteiger partial charge in [-0.25, -0.2) is 9.48 Å². The number of hydrogen-bond acceptors (Lipinski definition) is 5. The highest BCUT2D eigenvalue weighted by Crippen LogP contribution is 2.00. The predicted octanol–water partition coefficient (Wildman–Crippen LogP) is -0.705. The molecule has 1 aliphatic rings. The summed E-state index contributed by atoms with van der Waals surface area (Å²) in [6, 6.07) is -0.178. The lowest BCUT2D eigenvalue weighted by Gasteiger charge is -2.19. The van der Waals surface area contributed by atoms with Crippen LogP contribution >= 0.6 is 0 Å². The molecule has 2 heterocycles. The molecule has 2 N–H and O–H groups in total. The fourth-order valence-electron chi connectivity index (χ4n) is 1.86. The van der Waals surface area contributed by atoms with Gasteiger partial charge < -0.3 is 20.1 Å². The molecule has 0 unspecified atom stereocenters. The molecule has 9 nitrogen and oxygen atoms in total. The van der Waals surface area contributed by atoms with Crippen LogP contribution in [0.2, 0.25) is 0 Å². The van der Waals surface area contributed by atoms with Crippen molar-refractivity contribution in [1.82, 2.24) is 25.2 Å². The summed E-state index contributed by atoms with van der Waals surface area (Å²) in [5, 5.41) is 18.8. The smallest absolute Gasteiger partial charge is 0.325 e. The van der Waals surface area contributed by atoms with E-state index in [0.29, 0.717) is 32.0 Å². The van der Waals surface area contributed by atoms with E-state index in [-0.39, 0.29) is 19.1 Å². The molecular formula is C11H17N5O4. The maximum absolute atomic E-state index is 11.9. The molecule has 1 aromatic rings. The van der Waals surface area contributed by atoms with E-state index in [4.69, 9.17) is 9.84 Å². The van der Waals surface area contributed by atoms with Crippen LogP contribution in [0.25, 0.3) is 0 Å². The predicted molar refractivity (Wildman–Crippen MR) is 66.9 cm³/mol. The molecule has 0 aliphatic carbocycles. The van der Waals surface area contributed by atoms with E-state index in [1.54, 1.807) is 4.90 Å². The van der Waals surface area contributed by atoms with Crippen molar-refractivity contribution in [2.45, 2.75) is 19.5 Å². The van der Waals surface area contributed by atoms with Gasteiger partial charge >= 0.3 is 12.0 Å². The zero-order valence-corrected chi connectivity index (χ0v) is 11.0. The number of carboxylic acid groups (broad SMARTS) is 1. The molecule has 0 bridgehead atoms. The second kappa shape index (κ2) is 6.85. The zero-order valence-electron chi connectivity index (χ0n) is 11.0. The molecule has 1 aliphatic heterocycles. The Balaban J connectivity index is 1.80. The van der Waals surface area contributed by atoms with Gasteiger partial charge in [0.15, 0.2) is 0 Å². The first kappa shape index (κ1) is 14.3. The fourth-order valence-corrected chi connectivity index (χ4v) is 1.86. The third-order valence-electron chi connectivity index (χ3n) is 2.81. The largest absolute Gasteiger partial charge is 0.480 e. The Morgan fingerprint density at radius 3 is 3.05 bits per heavy atom. The lowest BCUT2D eigenvalue weighted by molar-refractivity contribution is -0.137. The molecular weight excluding hydrogens is 266 g/mol. The molecule has 1 fully saturated rings. The summed E-state index contributed by atoms with van der Waals surface area (Å²) < 4.78 is 6.49. The van der Waals surface area contributed by atoms with E-state index in [1.807, 2.05) is 0 Å². The van der Waals surface area contributed by atoms with Crippen molar-refractivity contribution in [2.24, 2.45) is 0 Å². The number of nitrogens with zero attached hydrogens (tertiary/aromatic N) is 4. The maximum Gasteiger partial charge on any atom is 0.325 e. The number of hydrogen-bond donors (Lipinski definition) is 2. The van der Waals surface area contributed by atoms with E-state index < -0.39 is 5.97 Å². The van der Waals surface area contributed by atoms with E-state index in [1.165, 1.54) is 10.9 Å². The molecule has 0 radical (unpaired) electrons. The van der Waals surface area contributed by atoms with Gasteiger partial charge in [-0.15, -0.1) is 5.10 Å². The van der Waals surface area contributed by atoms with Gasteiger partial charge in [0.05, 0.1) is 19.3 Å². The van der Waals surface area contributed by atoms with Crippen LogP contribution in [0.15, 0.2) is 6.20 Å². The minimum Gasteiger partial charge on any atom is -0.480 e. The third-order valence-corrected chi connectivity index (χ3v) is 2.81. The van der Waals surface area contributed by atoms with Crippen LogP contribution in [-0.2, 0) is 22.6 Å². The first-order chi connectivity index (χ1) is 9.65. The van der Waals surface area contributed by atoms with Gasteiger partial charge in [-0.3, -0.25) is 4.79 Å². The minimum absolute atomic E-state index is 0.178. The standard InChI is InChI=1S/C11H17N5O4/c17-10(18)8-16-7-9(13-14-16)6-12-11(19)15-2-1-4-20-5-3-15/h7H,1-6,8H2,(H,12,19)(H,17,18). The van der Waals surface area contributed by atoms with Crippen molar-refractivity contribution in [2.75, 3.05) is 26.3 Å². The highest BCUT2D eigenvalue weighted by molar-refractivity contribution is 5.74. The molecule has 0 saturated carbocycles. The van der Waals surface area contributed by atoms with Crippen LogP contribution in [-0.4, -0.2) is 63.3 Å². The fraction of sp³-hybridized carbons (Fsp3) is 0.636. The Bertz CT molecular complexity index is 467. The number of ether oxygens (including phenoxy) is 1. The topological polar surface area (TPSA) is 110 Å². The first-order valence-electron chi connectivity index (χ1n) is 6.36. The molecule has 9 heteroatoms. The van der Waals surface area contributed by atoms with Crippen LogP contribution in [0, 0.1) is 0 Å². The number of aliphatic carboxylic acids is 1. The van der Waals surface area contributed by atoms with Crippen LogP contribution in [0.1, 0.15) is 12.1 Å². The number of nitrogens with one attached hydrogen (secondary N) is 1. The number of aromatic nitrogens is 3. The van der Waals surface area contributed by atoms with E-state index in [9.17, 15) is 9.59 Å². The highest BCUT2D eigenvalue weighted by Gasteiger charge is 2.15. The minimum atomic E-state index is -0.991. The van der Waals surface area contributed by atoms with Crippen LogP contribution in [0.5, 0.6) is 0 Å². The summed E-state index contributed by atoms with van der Waals surface area (Å²) in [4.78, 5) is 24.1. The van der Waals surface area contributed by atoms with Crippen molar-refractivity contribution < 1.29 is 19.4 Å². The lowest BCUT2D eigenvalue weighted by Crippen LogP contribution is -2.41. The van der Waals surface area contributed by atoms with Crippen molar-refractivity contribution in [1.29, 1.82) is 0 Å². The molecule has 20 heavy (non-hydrogen) atoms. The molecule has 0 spiro atoms. The molecule has 0 atom stereocenters. The summed E-state index contributed by atoms with van der Waals surface area (Å²) in [7, 11) is 0. The van der Waals surface area contributed by atoms with E-state index in [2.05, 4.69) is 15.6 Å². The molecule has 110 valence electrons. The average Bonchev–Trinajstić information content (AvgIpc) is 2.67. The second-order valence-electron chi connectivity index (χ2n) is 4.41. The average molecular weight is 283 g/mol. The summed E-state index contributed by atoms with van der Waals surface area (Å²) in [6.07, 6.45) is 2.32. The molecule has 0 aromatic carbocycles. The number of rotatable bonds is 4. The Kier molecular flexibility index (Phi) is 4.88. The monoisotopic (exact) mass is 283 g/mol. The SMILES string of the molecule is O=C(O)Cn1cc(CNC(=O)N2CCCOCC2)nn1. The van der Waals surface area contributed by atoms with E-state index in [0.717, 1.165) is 6.42 Å². The van der Waals surface area contributed by atoms with E-state index >= 15 is 0 Å². The van der Waals surface area contributed by atoms with Gasteiger partial charge in [0.1, 0.15) is 12.2 Å². The van der Waals surface area contributed by atoms with Gasteiger partial charge in [0.25, 0.3) is 0 Å². The number of urea groups is 1. The lowest BCUT2D eigenvalue weighted by atomic mass is 10.4. The van der Waals surface area contributed by atoms with Gasteiger partial charge in [-0.1, -0.05) is 5.21 Å². The van der Waals surface area contributed by atoms with Crippen LogP contribution < -0.4 is 5.32 Å². The normalized spacial score (nSPS) is 15.7. The summed E-state index contributed by atoms with van der Waals surface area (Å²) in [5.41, 5.74) is 0.519. The molecule has 2 amide bonds.